The number of ether oxygens (including phenoxy) is 2. The molecule has 4 heteroatoms. The molecule has 4 aromatic carbocycles. The monoisotopic (exact) mass is 536 g/mol. The molecular weight excluding hydrogens is 496 g/mol. The first-order chi connectivity index (χ1) is 19.6. The Labute approximate surface area is 239 Å². The molecule has 0 heterocycles. The number of hydrogen-bond acceptors (Lipinski definition) is 4. The van der Waals surface area contributed by atoms with Crippen molar-refractivity contribution < 1.29 is 19.1 Å². The van der Waals surface area contributed by atoms with Gasteiger partial charge < -0.3 is 9.47 Å². The minimum atomic E-state index is -0.0251. The molecule has 4 rings (SSSR count). The second kappa shape index (κ2) is 17.7. The van der Waals surface area contributed by atoms with E-state index in [9.17, 15) is 9.59 Å². The minimum Gasteiger partial charge on any atom is -0.381 e. The lowest BCUT2D eigenvalue weighted by molar-refractivity contribution is 0.0692. The summed E-state index contributed by atoms with van der Waals surface area (Å²) < 4.78 is 10.9. The summed E-state index contributed by atoms with van der Waals surface area (Å²) in [6.07, 6.45) is 4.41. The smallest absolute Gasteiger partial charge is 0.165 e. The average Bonchev–Trinajstić information content (AvgIpc) is 3.03. The third-order valence-corrected chi connectivity index (χ3v) is 6.88. The van der Waals surface area contributed by atoms with Crippen molar-refractivity contribution in [2.45, 2.75) is 50.7 Å². The highest BCUT2D eigenvalue weighted by Crippen LogP contribution is 2.14. The number of benzene rings is 4. The fourth-order valence-electron chi connectivity index (χ4n) is 4.45. The van der Waals surface area contributed by atoms with Crippen molar-refractivity contribution >= 4 is 11.6 Å². The quantitative estimate of drug-likeness (QED) is 0.154. The fourth-order valence-corrected chi connectivity index (χ4v) is 4.45. The fraction of sp³-hybridized carbons (Fsp3) is 0.278. The Balaban J connectivity index is 0.000000220. The largest absolute Gasteiger partial charge is 0.381 e. The summed E-state index contributed by atoms with van der Waals surface area (Å²) >= 11 is 0. The van der Waals surface area contributed by atoms with Gasteiger partial charge in [-0.3, -0.25) is 9.59 Å². The minimum absolute atomic E-state index is 0.0251. The zero-order valence-corrected chi connectivity index (χ0v) is 23.6. The molecule has 0 amide bonds. The number of carbonyl (C=O) groups excluding carboxylic acids is 2. The second-order valence-corrected chi connectivity index (χ2v) is 9.75. The third-order valence-electron chi connectivity index (χ3n) is 6.88. The normalized spacial score (nSPS) is 12.1. The zero-order chi connectivity index (χ0) is 28.4. The molecule has 4 aromatic rings. The van der Waals surface area contributed by atoms with Gasteiger partial charge >= 0.3 is 0 Å². The van der Waals surface area contributed by atoms with Gasteiger partial charge in [0.25, 0.3) is 0 Å². The number of aryl methyl sites for hydroxylation is 2. The van der Waals surface area contributed by atoms with E-state index < -0.39 is 0 Å². The van der Waals surface area contributed by atoms with Gasteiger partial charge in [0.15, 0.2) is 11.6 Å². The van der Waals surface area contributed by atoms with Crippen LogP contribution in [-0.4, -0.2) is 38.0 Å². The van der Waals surface area contributed by atoms with Gasteiger partial charge in [0.2, 0.25) is 0 Å². The van der Waals surface area contributed by atoms with E-state index in [4.69, 9.17) is 9.47 Å². The van der Waals surface area contributed by atoms with Crippen molar-refractivity contribution in [2.75, 3.05) is 14.2 Å². The van der Waals surface area contributed by atoms with Crippen LogP contribution in [0.25, 0.3) is 0 Å². The van der Waals surface area contributed by atoms with Crippen LogP contribution in [0.1, 0.15) is 57.5 Å². The molecule has 0 aliphatic rings. The highest BCUT2D eigenvalue weighted by atomic mass is 16.5. The van der Waals surface area contributed by atoms with Crippen LogP contribution < -0.4 is 0 Å². The first kappa shape index (κ1) is 30.7. The summed E-state index contributed by atoms with van der Waals surface area (Å²) in [4.78, 5) is 24.3. The van der Waals surface area contributed by atoms with Crippen LogP contribution in [0.5, 0.6) is 0 Å². The second-order valence-electron chi connectivity index (χ2n) is 9.75. The van der Waals surface area contributed by atoms with Crippen LogP contribution in [0.3, 0.4) is 0 Å². The van der Waals surface area contributed by atoms with E-state index in [2.05, 4.69) is 24.3 Å². The summed E-state index contributed by atoms with van der Waals surface area (Å²) in [7, 11) is 3.35. The van der Waals surface area contributed by atoms with Gasteiger partial charge in [-0.05, 0) is 36.8 Å². The van der Waals surface area contributed by atoms with E-state index in [0.717, 1.165) is 36.8 Å². The van der Waals surface area contributed by atoms with Crippen LogP contribution in [0.4, 0.5) is 0 Å². The predicted octanol–water partition coefficient (Wildman–Crippen LogP) is 7.81. The van der Waals surface area contributed by atoms with Crippen molar-refractivity contribution in [3.8, 4) is 0 Å². The Kier molecular flexibility index (Phi) is 13.6. The topological polar surface area (TPSA) is 52.6 Å². The standard InChI is InChI=1S/2C18H20O2/c2*1-20-17(13-12-15-8-4-2-5-9-15)14-18(19)16-10-6-3-7-11-16/h2*2-11,17H,12-14H2,1H3. The molecular formula is C36H40O4. The van der Waals surface area contributed by atoms with E-state index in [1.54, 1.807) is 14.2 Å². The van der Waals surface area contributed by atoms with Crippen molar-refractivity contribution in [3.05, 3.63) is 144 Å². The molecule has 0 spiro atoms. The Hall–Kier alpha value is -3.86. The molecule has 0 fully saturated rings. The Morgan fingerprint density at radius 1 is 0.500 bits per heavy atom. The summed E-state index contributed by atoms with van der Waals surface area (Å²) in [6.45, 7) is 0. The van der Waals surface area contributed by atoms with Gasteiger partial charge in [-0.1, -0.05) is 121 Å². The Morgan fingerprint density at radius 3 is 1.10 bits per heavy atom. The number of hydrogen-bond donors (Lipinski definition) is 0. The highest BCUT2D eigenvalue weighted by molar-refractivity contribution is 5.96. The zero-order valence-electron chi connectivity index (χ0n) is 23.6. The molecule has 0 bridgehead atoms. The molecule has 0 aliphatic heterocycles. The highest BCUT2D eigenvalue weighted by Gasteiger charge is 2.15. The van der Waals surface area contributed by atoms with Crippen molar-refractivity contribution in [2.24, 2.45) is 0 Å². The molecule has 0 radical (unpaired) electrons. The molecule has 2 atom stereocenters. The SMILES string of the molecule is COC(CCc1ccccc1)CC(=O)c1ccccc1.COC(CCc1ccccc1)CC(=O)c1ccccc1. The Morgan fingerprint density at radius 2 is 0.800 bits per heavy atom. The molecule has 4 nitrogen and oxygen atoms in total. The summed E-state index contributed by atoms with van der Waals surface area (Å²) in [5.41, 5.74) is 4.08. The van der Waals surface area contributed by atoms with Crippen molar-refractivity contribution in [1.82, 2.24) is 0 Å². The van der Waals surface area contributed by atoms with Gasteiger partial charge in [0.1, 0.15) is 0 Å². The maximum Gasteiger partial charge on any atom is 0.165 e. The van der Waals surface area contributed by atoms with Gasteiger partial charge in [0, 0.05) is 38.2 Å². The molecule has 0 saturated heterocycles. The lowest BCUT2D eigenvalue weighted by Crippen LogP contribution is -2.17. The molecule has 0 N–H and O–H groups in total. The van der Waals surface area contributed by atoms with Crippen LogP contribution in [0, 0.1) is 0 Å². The molecule has 2 unspecified atom stereocenters. The third kappa shape index (κ3) is 11.1. The van der Waals surface area contributed by atoms with E-state index in [-0.39, 0.29) is 23.8 Å². The van der Waals surface area contributed by atoms with Gasteiger partial charge in [0.05, 0.1) is 12.2 Å². The number of Topliss-reactive ketones (excluding diaryl/α,β-unsaturated/α-hetero) is 2. The Bertz CT molecular complexity index is 1140. The van der Waals surface area contributed by atoms with Crippen LogP contribution in [0.2, 0.25) is 0 Å². The van der Waals surface area contributed by atoms with Crippen LogP contribution >= 0.6 is 0 Å². The van der Waals surface area contributed by atoms with E-state index in [1.807, 2.05) is 97.1 Å². The van der Waals surface area contributed by atoms with Crippen LogP contribution in [-0.2, 0) is 22.3 Å². The molecule has 0 aromatic heterocycles. The van der Waals surface area contributed by atoms with Gasteiger partial charge in [-0.15, -0.1) is 0 Å². The van der Waals surface area contributed by atoms with E-state index >= 15 is 0 Å². The average molecular weight is 537 g/mol. The lowest BCUT2D eigenvalue weighted by Gasteiger charge is -2.14. The number of rotatable bonds is 14. The predicted molar refractivity (Wildman–Crippen MR) is 162 cm³/mol. The molecule has 0 saturated carbocycles. The summed E-state index contributed by atoms with van der Waals surface area (Å²) in [5.74, 6) is 0.288. The molecule has 208 valence electrons. The van der Waals surface area contributed by atoms with Gasteiger partial charge in [-0.2, -0.15) is 0 Å². The maximum absolute atomic E-state index is 12.1. The molecule has 40 heavy (non-hydrogen) atoms. The first-order valence-corrected chi connectivity index (χ1v) is 13.9. The van der Waals surface area contributed by atoms with Crippen LogP contribution in [0.15, 0.2) is 121 Å². The maximum atomic E-state index is 12.1. The number of methoxy groups -OCH3 is 2. The van der Waals surface area contributed by atoms with Crippen molar-refractivity contribution in [3.63, 3.8) is 0 Å². The molecule has 0 aliphatic carbocycles. The van der Waals surface area contributed by atoms with Gasteiger partial charge in [-0.25, -0.2) is 0 Å². The van der Waals surface area contributed by atoms with Crippen molar-refractivity contribution in [1.29, 1.82) is 0 Å². The van der Waals surface area contributed by atoms with E-state index in [0.29, 0.717) is 12.8 Å². The number of ketones is 2. The first-order valence-electron chi connectivity index (χ1n) is 13.9. The summed E-state index contributed by atoms with van der Waals surface area (Å²) in [5, 5.41) is 0. The lowest BCUT2D eigenvalue weighted by atomic mass is 10.00. The summed E-state index contributed by atoms with van der Waals surface area (Å²) in [6, 6.07) is 39.4. The number of carbonyl (C=O) groups is 2. The van der Waals surface area contributed by atoms with E-state index in [1.165, 1.54) is 11.1 Å².